The van der Waals surface area contributed by atoms with Gasteiger partial charge in [0.2, 0.25) is 5.91 Å². The molecule has 0 radical (unpaired) electrons. The minimum absolute atomic E-state index is 0.0275. The lowest BCUT2D eigenvalue weighted by molar-refractivity contribution is -0.113. The van der Waals surface area contributed by atoms with E-state index in [0.29, 0.717) is 17.2 Å². The van der Waals surface area contributed by atoms with Crippen molar-refractivity contribution >= 4 is 29.1 Å². The number of ketones is 1. The van der Waals surface area contributed by atoms with E-state index in [0.717, 1.165) is 49.8 Å². The van der Waals surface area contributed by atoms with Crippen molar-refractivity contribution in [1.82, 2.24) is 14.8 Å². The Morgan fingerprint density at radius 2 is 2.14 bits per heavy atom. The Bertz CT molecular complexity index is 872. The third kappa shape index (κ3) is 4.62. The van der Waals surface area contributed by atoms with Gasteiger partial charge in [-0.3, -0.25) is 9.59 Å². The average molecular weight is 401 g/mol. The predicted octanol–water partition coefficient (Wildman–Crippen LogP) is 3.27. The first-order valence-corrected chi connectivity index (χ1v) is 10.7. The molecule has 28 heavy (non-hydrogen) atoms. The lowest BCUT2D eigenvalue weighted by Crippen LogP contribution is -2.19. The van der Waals surface area contributed by atoms with Gasteiger partial charge in [0.1, 0.15) is 5.82 Å². The smallest absolute Gasteiger partial charge is 0.234 e. The molecule has 1 saturated heterocycles. The summed E-state index contributed by atoms with van der Waals surface area (Å²) < 4.78 is 7.92. The van der Waals surface area contributed by atoms with Gasteiger partial charge >= 0.3 is 0 Å². The van der Waals surface area contributed by atoms with Crippen LogP contribution in [0.1, 0.15) is 54.7 Å². The highest BCUT2D eigenvalue weighted by atomic mass is 32.2. The molecule has 2 aliphatic rings. The molecule has 4 rings (SSSR count). The molecule has 7 nitrogen and oxygen atoms in total. The molecule has 1 amide bonds. The van der Waals surface area contributed by atoms with E-state index in [-0.39, 0.29) is 23.5 Å². The SMILES string of the molecule is CC(=O)c1cccc(NC(=O)CSc2nnc(C3CC3)n2CC2CCCO2)c1. The monoisotopic (exact) mass is 400 g/mol. The summed E-state index contributed by atoms with van der Waals surface area (Å²) in [4.78, 5) is 23.9. The maximum Gasteiger partial charge on any atom is 0.234 e. The first kappa shape index (κ1) is 19.1. The van der Waals surface area contributed by atoms with Crippen LogP contribution in [0.3, 0.4) is 0 Å². The van der Waals surface area contributed by atoms with Crippen molar-refractivity contribution in [2.45, 2.75) is 56.3 Å². The summed E-state index contributed by atoms with van der Waals surface area (Å²) in [6.07, 6.45) is 4.66. The first-order chi connectivity index (χ1) is 13.6. The van der Waals surface area contributed by atoms with Gasteiger partial charge in [-0.05, 0) is 44.7 Å². The maximum atomic E-state index is 12.4. The summed E-state index contributed by atoms with van der Waals surface area (Å²) >= 11 is 1.39. The zero-order chi connectivity index (χ0) is 19.5. The summed E-state index contributed by atoms with van der Waals surface area (Å²) in [6, 6.07) is 6.97. The summed E-state index contributed by atoms with van der Waals surface area (Å²) in [5.74, 6) is 1.59. The third-order valence-corrected chi connectivity index (χ3v) is 5.95. The Morgan fingerprint density at radius 3 is 2.86 bits per heavy atom. The van der Waals surface area contributed by atoms with Crippen LogP contribution in [0.4, 0.5) is 5.69 Å². The molecular weight excluding hydrogens is 376 g/mol. The molecule has 1 aliphatic carbocycles. The summed E-state index contributed by atoms with van der Waals surface area (Å²) in [7, 11) is 0. The topological polar surface area (TPSA) is 86.1 Å². The molecule has 148 valence electrons. The van der Waals surface area contributed by atoms with Crippen molar-refractivity contribution in [2.75, 3.05) is 17.7 Å². The van der Waals surface area contributed by atoms with E-state index in [9.17, 15) is 9.59 Å². The number of amides is 1. The van der Waals surface area contributed by atoms with Crippen LogP contribution in [-0.2, 0) is 16.1 Å². The van der Waals surface area contributed by atoms with Crippen molar-refractivity contribution in [3.05, 3.63) is 35.7 Å². The van der Waals surface area contributed by atoms with Crippen LogP contribution in [0.2, 0.25) is 0 Å². The molecule has 2 fully saturated rings. The van der Waals surface area contributed by atoms with Gasteiger partial charge in [-0.15, -0.1) is 10.2 Å². The van der Waals surface area contributed by atoms with E-state index >= 15 is 0 Å². The van der Waals surface area contributed by atoms with Crippen molar-refractivity contribution in [3.63, 3.8) is 0 Å². The second-order valence-electron chi connectivity index (χ2n) is 7.33. The molecule has 1 aromatic heterocycles. The van der Waals surface area contributed by atoms with Gasteiger partial charge in [0, 0.05) is 23.8 Å². The molecule has 1 aliphatic heterocycles. The third-order valence-electron chi connectivity index (χ3n) is 4.98. The fourth-order valence-corrected chi connectivity index (χ4v) is 4.11. The largest absolute Gasteiger partial charge is 0.376 e. The highest BCUT2D eigenvalue weighted by Crippen LogP contribution is 2.40. The summed E-state index contributed by atoms with van der Waals surface area (Å²) in [5.41, 5.74) is 1.20. The molecule has 8 heteroatoms. The van der Waals surface area contributed by atoms with E-state index < -0.39 is 0 Å². The second kappa shape index (κ2) is 8.45. The first-order valence-electron chi connectivity index (χ1n) is 9.68. The number of carbonyl (C=O) groups is 2. The molecule has 1 N–H and O–H groups in total. The molecule has 1 aromatic carbocycles. The number of nitrogens with zero attached hydrogens (tertiary/aromatic N) is 3. The molecule has 0 spiro atoms. The second-order valence-corrected chi connectivity index (χ2v) is 8.28. The number of benzene rings is 1. The molecule has 2 heterocycles. The van der Waals surface area contributed by atoms with Crippen LogP contribution >= 0.6 is 11.8 Å². The molecule has 2 aromatic rings. The minimum atomic E-state index is -0.134. The molecule has 1 atom stereocenters. The van der Waals surface area contributed by atoms with Crippen LogP contribution in [-0.4, -0.2) is 44.9 Å². The standard InChI is InChI=1S/C20H24N4O3S/c1-13(25)15-4-2-5-16(10-15)21-18(26)12-28-20-23-22-19(14-7-8-14)24(20)11-17-6-3-9-27-17/h2,4-5,10,14,17H,3,6-9,11-12H2,1H3,(H,21,26). The van der Waals surface area contributed by atoms with E-state index in [1.165, 1.54) is 18.7 Å². The van der Waals surface area contributed by atoms with Gasteiger partial charge in [-0.1, -0.05) is 23.9 Å². The van der Waals surface area contributed by atoms with Gasteiger partial charge < -0.3 is 14.6 Å². The number of ether oxygens (including phenoxy) is 1. The number of rotatable bonds is 8. The Morgan fingerprint density at radius 1 is 1.29 bits per heavy atom. The number of nitrogens with one attached hydrogen (secondary N) is 1. The minimum Gasteiger partial charge on any atom is -0.376 e. The quantitative estimate of drug-likeness (QED) is 0.541. The molecule has 1 saturated carbocycles. The molecule has 1 unspecified atom stereocenters. The number of thioether (sulfide) groups is 1. The highest BCUT2D eigenvalue weighted by Gasteiger charge is 2.32. The van der Waals surface area contributed by atoms with E-state index in [1.807, 2.05) is 0 Å². The number of Topliss-reactive ketones (excluding diaryl/α,β-unsaturated/α-hetero) is 1. The zero-order valence-electron chi connectivity index (χ0n) is 15.9. The predicted molar refractivity (Wildman–Crippen MR) is 107 cm³/mol. The zero-order valence-corrected chi connectivity index (χ0v) is 16.7. The van der Waals surface area contributed by atoms with Gasteiger partial charge in [0.25, 0.3) is 0 Å². The maximum absolute atomic E-state index is 12.4. The van der Waals surface area contributed by atoms with Crippen molar-refractivity contribution < 1.29 is 14.3 Å². The van der Waals surface area contributed by atoms with Gasteiger partial charge in [0.05, 0.1) is 18.4 Å². The fraction of sp³-hybridized carbons (Fsp3) is 0.500. The summed E-state index contributed by atoms with van der Waals surface area (Å²) in [6.45, 7) is 3.08. The lowest BCUT2D eigenvalue weighted by Gasteiger charge is -2.14. The van der Waals surface area contributed by atoms with Crippen LogP contribution in [0.15, 0.2) is 29.4 Å². The number of anilines is 1. The Hall–Kier alpha value is -2.19. The van der Waals surface area contributed by atoms with E-state index in [2.05, 4.69) is 20.1 Å². The van der Waals surface area contributed by atoms with Crippen molar-refractivity contribution in [2.24, 2.45) is 0 Å². The highest BCUT2D eigenvalue weighted by molar-refractivity contribution is 7.99. The van der Waals surface area contributed by atoms with Crippen molar-refractivity contribution in [1.29, 1.82) is 0 Å². The Labute approximate surface area is 168 Å². The van der Waals surface area contributed by atoms with Crippen LogP contribution < -0.4 is 5.32 Å². The number of aromatic nitrogens is 3. The van der Waals surface area contributed by atoms with Crippen LogP contribution in [0.25, 0.3) is 0 Å². The van der Waals surface area contributed by atoms with E-state index in [1.54, 1.807) is 24.3 Å². The fourth-order valence-electron chi connectivity index (χ4n) is 3.36. The van der Waals surface area contributed by atoms with Crippen LogP contribution in [0.5, 0.6) is 0 Å². The molecule has 0 bridgehead atoms. The summed E-state index contributed by atoms with van der Waals surface area (Å²) in [5, 5.41) is 12.3. The number of hydrogen-bond donors (Lipinski definition) is 1. The van der Waals surface area contributed by atoms with Crippen molar-refractivity contribution in [3.8, 4) is 0 Å². The van der Waals surface area contributed by atoms with Gasteiger partial charge in [-0.25, -0.2) is 0 Å². The van der Waals surface area contributed by atoms with Crippen LogP contribution in [0, 0.1) is 0 Å². The Balaban J connectivity index is 1.39. The number of carbonyl (C=O) groups excluding carboxylic acids is 2. The average Bonchev–Trinajstić information content (AvgIpc) is 3.24. The molecular formula is C20H24N4O3S. The van der Waals surface area contributed by atoms with Gasteiger partial charge in [-0.2, -0.15) is 0 Å². The normalized spacial score (nSPS) is 19.0. The van der Waals surface area contributed by atoms with E-state index in [4.69, 9.17) is 4.74 Å². The lowest BCUT2D eigenvalue weighted by atomic mass is 10.1. The Kier molecular flexibility index (Phi) is 5.77. The number of hydrogen-bond acceptors (Lipinski definition) is 6. The van der Waals surface area contributed by atoms with Gasteiger partial charge in [0.15, 0.2) is 10.9 Å².